The van der Waals surface area contributed by atoms with Crippen LogP contribution in [0.3, 0.4) is 0 Å². The van der Waals surface area contributed by atoms with Crippen molar-refractivity contribution < 1.29 is 0 Å². The molecule has 6 aromatic heterocycles. The van der Waals surface area contributed by atoms with Crippen LogP contribution in [0.4, 0.5) is 0 Å². The van der Waals surface area contributed by atoms with Crippen LogP contribution in [0, 0.1) is 0 Å². The molecule has 8 heteroatoms. The van der Waals surface area contributed by atoms with E-state index in [1.165, 1.54) is 0 Å². The molecule has 0 aliphatic heterocycles. The molecule has 0 radical (unpaired) electrons. The molecule has 6 aromatic rings. The summed E-state index contributed by atoms with van der Waals surface area (Å²) in [6.07, 6.45) is 7.41. The zero-order valence-electron chi connectivity index (χ0n) is 18.0. The van der Waals surface area contributed by atoms with Crippen molar-refractivity contribution in [2.24, 2.45) is 0 Å². The molecule has 0 fully saturated rings. The summed E-state index contributed by atoms with van der Waals surface area (Å²) in [6.45, 7) is 3.80. The number of nitrogens with zero attached hydrogens (tertiary/aromatic N) is 4. The number of hydrogen-bond donors (Lipinski definition) is 3. The molecule has 0 aromatic carbocycles. The minimum absolute atomic E-state index is 0.784. The lowest BCUT2D eigenvalue weighted by Crippen LogP contribution is -2.11. The molecule has 6 heterocycles. The molecule has 0 bridgehead atoms. The van der Waals surface area contributed by atoms with Gasteiger partial charge in [-0.1, -0.05) is 6.92 Å². The van der Waals surface area contributed by atoms with Gasteiger partial charge in [0.2, 0.25) is 0 Å². The minimum atomic E-state index is 0.784. The highest BCUT2D eigenvalue weighted by atomic mass is 32.1. The van der Waals surface area contributed by atoms with Crippen LogP contribution in [0.25, 0.3) is 55.7 Å². The third-order valence-electron chi connectivity index (χ3n) is 5.71. The first-order chi connectivity index (χ1) is 16.3. The molecule has 0 aliphatic rings. The number of hydrogen-bond acceptors (Lipinski definition) is 6. The third kappa shape index (κ3) is 3.59. The van der Waals surface area contributed by atoms with E-state index in [1.54, 1.807) is 11.3 Å². The molecule has 0 aliphatic carbocycles. The summed E-state index contributed by atoms with van der Waals surface area (Å²) in [5.41, 5.74) is 8.81. The lowest BCUT2D eigenvalue weighted by Gasteiger charge is -2.05. The molecule has 7 nitrogen and oxygen atoms in total. The molecule has 3 N–H and O–H groups in total. The van der Waals surface area contributed by atoms with E-state index in [2.05, 4.69) is 77.4 Å². The zero-order chi connectivity index (χ0) is 22.2. The largest absolute Gasteiger partial charge is 0.353 e. The molecule has 0 unspecified atom stereocenters. The molecule has 33 heavy (non-hydrogen) atoms. The Morgan fingerprint density at radius 3 is 2.76 bits per heavy atom. The summed E-state index contributed by atoms with van der Waals surface area (Å²) < 4.78 is 0. The molecular formula is C25H21N7S. The predicted octanol–water partition coefficient (Wildman–Crippen LogP) is 5.40. The fourth-order valence-corrected chi connectivity index (χ4v) is 4.72. The lowest BCUT2D eigenvalue weighted by molar-refractivity contribution is 0.724. The van der Waals surface area contributed by atoms with Crippen molar-refractivity contribution in [1.29, 1.82) is 0 Å². The number of nitrogens with one attached hydrogen (secondary N) is 3. The highest BCUT2D eigenvalue weighted by Crippen LogP contribution is 2.34. The summed E-state index contributed by atoms with van der Waals surface area (Å²) in [4.78, 5) is 17.2. The number of thiophene rings is 1. The smallest absolute Gasteiger partial charge is 0.116 e. The number of H-pyrrole nitrogens is 2. The Morgan fingerprint density at radius 2 is 1.88 bits per heavy atom. The molecule has 0 spiro atoms. The van der Waals surface area contributed by atoms with E-state index in [9.17, 15) is 0 Å². The first kappa shape index (κ1) is 19.8. The highest BCUT2D eigenvalue weighted by molar-refractivity contribution is 7.08. The second-order valence-corrected chi connectivity index (χ2v) is 8.65. The van der Waals surface area contributed by atoms with Crippen molar-refractivity contribution in [3.05, 3.63) is 71.4 Å². The second kappa shape index (κ2) is 8.23. The molecule has 0 saturated carbocycles. The van der Waals surface area contributed by atoms with Crippen molar-refractivity contribution in [3.63, 3.8) is 0 Å². The van der Waals surface area contributed by atoms with Gasteiger partial charge in [-0.05, 0) is 47.8 Å². The van der Waals surface area contributed by atoms with Gasteiger partial charge in [-0.3, -0.25) is 20.1 Å². The van der Waals surface area contributed by atoms with E-state index >= 15 is 0 Å². The van der Waals surface area contributed by atoms with Crippen LogP contribution < -0.4 is 5.32 Å². The Morgan fingerprint density at radius 1 is 0.939 bits per heavy atom. The van der Waals surface area contributed by atoms with Crippen molar-refractivity contribution in [2.45, 2.75) is 13.5 Å². The van der Waals surface area contributed by atoms with Crippen molar-refractivity contribution in [3.8, 4) is 33.9 Å². The van der Waals surface area contributed by atoms with Crippen LogP contribution in [0.1, 0.15) is 12.5 Å². The summed E-state index contributed by atoms with van der Waals surface area (Å²) in [5.74, 6) is 0. The highest BCUT2D eigenvalue weighted by Gasteiger charge is 2.15. The first-order valence-corrected chi connectivity index (χ1v) is 11.7. The molecular weight excluding hydrogens is 430 g/mol. The van der Waals surface area contributed by atoms with Gasteiger partial charge in [-0.25, -0.2) is 0 Å². The SMILES string of the molecule is CCNCc1cncc(-c2cc3c(-c4cc5c(-c6ccsc6)nccc5[nH]4)n[nH]c3cn2)c1. The summed E-state index contributed by atoms with van der Waals surface area (Å²) in [5, 5.41) is 17.3. The van der Waals surface area contributed by atoms with Crippen molar-refractivity contribution in [1.82, 2.24) is 35.5 Å². The number of aromatic nitrogens is 6. The lowest BCUT2D eigenvalue weighted by atomic mass is 10.1. The maximum absolute atomic E-state index is 4.65. The number of fused-ring (bicyclic) bond motifs is 2. The van der Waals surface area contributed by atoms with Gasteiger partial charge in [0.1, 0.15) is 5.69 Å². The summed E-state index contributed by atoms with van der Waals surface area (Å²) in [7, 11) is 0. The first-order valence-electron chi connectivity index (χ1n) is 10.8. The van der Waals surface area contributed by atoms with Gasteiger partial charge in [-0.2, -0.15) is 16.4 Å². The fourth-order valence-electron chi connectivity index (χ4n) is 4.08. The van der Waals surface area contributed by atoms with E-state index in [-0.39, 0.29) is 0 Å². The van der Waals surface area contributed by atoms with Crippen LogP contribution in [0.15, 0.2) is 65.9 Å². The monoisotopic (exact) mass is 451 g/mol. The topological polar surface area (TPSA) is 95.2 Å². The van der Waals surface area contributed by atoms with Crippen LogP contribution in [0.2, 0.25) is 0 Å². The van der Waals surface area contributed by atoms with Crippen LogP contribution in [0.5, 0.6) is 0 Å². The normalized spacial score (nSPS) is 11.5. The Bertz CT molecular complexity index is 1560. The van der Waals surface area contributed by atoms with Crippen molar-refractivity contribution in [2.75, 3.05) is 6.54 Å². The molecule has 0 saturated heterocycles. The Balaban J connectivity index is 1.44. The second-order valence-electron chi connectivity index (χ2n) is 7.87. The summed E-state index contributed by atoms with van der Waals surface area (Å²) in [6, 6.07) is 10.4. The fraction of sp³-hybridized carbons (Fsp3) is 0.120. The maximum Gasteiger partial charge on any atom is 0.116 e. The number of aromatic amines is 2. The third-order valence-corrected chi connectivity index (χ3v) is 6.40. The zero-order valence-corrected chi connectivity index (χ0v) is 18.8. The van der Waals surface area contributed by atoms with Crippen LogP contribution >= 0.6 is 11.3 Å². The maximum atomic E-state index is 4.65. The Kier molecular flexibility index (Phi) is 4.93. The van der Waals surface area contributed by atoms with Gasteiger partial charge >= 0.3 is 0 Å². The predicted molar refractivity (Wildman–Crippen MR) is 133 cm³/mol. The van der Waals surface area contributed by atoms with Gasteiger partial charge in [-0.15, -0.1) is 0 Å². The van der Waals surface area contributed by atoms with Gasteiger partial charge in [0.15, 0.2) is 0 Å². The van der Waals surface area contributed by atoms with Crippen LogP contribution in [-0.4, -0.2) is 36.7 Å². The quantitative estimate of drug-likeness (QED) is 0.315. The minimum Gasteiger partial charge on any atom is -0.353 e. The Hall–Kier alpha value is -3.88. The van der Waals surface area contributed by atoms with E-state index in [0.29, 0.717) is 0 Å². The summed E-state index contributed by atoms with van der Waals surface area (Å²) >= 11 is 1.67. The number of pyridine rings is 3. The van der Waals surface area contributed by atoms with E-state index in [4.69, 9.17) is 0 Å². The average Bonchev–Trinajstić information content (AvgIpc) is 3.61. The average molecular weight is 452 g/mol. The molecule has 162 valence electrons. The van der Waals surface area contributed by atoms with Gasteiger partial charge in [0, 0.05) is 57.9 Å². The van der Waals surface area contributed by atoms with E-state index in [0.717, 1.165) is 74.4 Å². The van der Waals surface area contributed by atoms with Crippen LogP contribution in [-0.2, 0) is 6.54 Å². The molecule has 0 atom stereocenters. The molecule has 6 rings (SSSR count). The number of rotatable bonds is 6. The Labute approximate surface area is 194 Å². The van der Waals surface area contributed by atoms with Gasteiger partial charge < -0.3 is 10.3 Å². The van der Waals surface area contributed by atoms with Gasteiger partial charge in [0.05, 0.1) is 28.8 Å². The van der Waals surface area contributed by atoms with Crippen molar-refractivity contribution >= 4 is 33.1 Å². The van der Waals surface area contributed by atoms with E-state index in [1.807, 2.05) is 30.9 Å². The van der Waals surface area contributed by atoms with Gasteiger partial charge in [0.25, 0.3) is 0 Å². The van der Waals surface area contributed by atoms with E-state index < -0.39 is 0 Å². The standard InChI is InChI=1S/C25H21N7S/c1-2-26-10-15-7-17(12-27-11-15)21-8-19-23(13-29-21)31-32-25(19)22-9-18-20(30-22)3-5-28-24(18)16-4-6-33-14-16/h3-9,11-14,26,30H,2,10H2,1H3,(H,31,32). The molecule has 0 amide bonds.